The van der Waals surface area contributed by atoms with E-state index in [0.29, 0.717) is 16.8 Å². The lowest BCUT2D eigenvalue weighted by Crippen LogP contribution is -2.12. The first-order valence-corrected chi connectivity index (χ1v) is 6.90. The Bertz CT molecular complexity index is 644. The van der Waals surface area contributed by atoms with E-state index in [0.717, 1.165) is 17.1 Å². The Morgan fingerprint density at radius 1 is 1.35 bits per heavy atom. The lowest BCUT2D eigenvalue weighted by Gasteiger charge is -2.12. The van der Waals surface area contributed by atoms with Gasteiger partial charge in [0, 0.05) is 16.9 Å². The van der Waals surface area contributed by atoms with E-state index in [1.54, 1.807) is 12.1 Å². The average molecular weight is 292 g/mol. The summed E-state index contributed by atoms with van der Waals surface area (Å²) >= 11 is 1.16. The van der Waals surface area contributed by atoms with Crippen molar-refractivity contribution in [3.05, 3.63) is 35.2 Å². The van der Waals surface area contributed by atoms with Crippen LogP contribution in [0.2, 0.25) is 0 Å². The molecule has 0 aliphatic rings. The number of rotatable bonds is 3. The zero-order valence-corrected chi connectivity index (χ0v) is 12.6. The largest absolute Gasteiger partial charge is 0.478 e. The number of carboxylic acids is 1. The van der Waals surface area contributed by atoms with Crippen LogP contribution in [0.3, 0.4) is 0 Å². The predicted octanol–water partition coefficient (Wildman–Crippen LogP) is 3.63. The molecule has 0 atom stereocenters. The number of aromatic nitrogens is 2. The molecule has 1 aromatic heterocycles. The molecule has 0 radical (unpaired) electrons. The smallest absolute Gasteiger partial charge is 0.335 e. The molecule has 0 aliphatic carbocycles. The van der Waals surface area contributed by atoms with Crippen LogP contribution >= 0.6 is 11.5 Å². The van der Waals surface area contributed by atoms with Crippen LogP contribution in [0.1, 0.15) is 42.5 Å². The van der Waals surface area contributed by atoms with Gasteiger partial charge < -0.3 is 9.84 Å². The number of carboxylic acid groups (broad SMARTS) is 1. The molecule has 0 amide bonds. The lowest BCUT2D eigenvalue weighted by atomic mass is 9.96. The Morgan fingerprint density at radius 3 is 2.60 bits per heavy atom. The van der Waals surface area contributed by atoms with Crippen molar-refractivity contribution in [3.8, 4) is 10.9 Å². The molecule has 0 bridgehead atoms. The highest BCUT2D eigenvalue weighted by molar-refractivity contribution is 7.07. The number of hydrogen-bond acceptors (Lipinski definition) is 5. The fourth-order valence-corrected chi connectivity index (χ4v) is 2.23. The van der Waals surface area contributed by atoms with Gasteiger partial charge in [-0.25, -0.2) is 4.79 Å². The summed E-state index contributed by atoms with van der Waals surface area (Å²) in [4.78, 5) is 15.3. The van der Waals surface area contributed by atoms with Gasteiger partial charge in [-0.3, -0.25) is 0 Å². The summed E-state index contributed by atoms with van der Waals surface area (Å²) in [6.07, 6.45) is 0. The van der Waals surface area contributed by atoms with Gasteiger partial charge in [0.05, 0.1) is 5.56 Å². The lowest BCUT2D eigenvalue weighted by molar-refractivity contribution is 0.0696. The summed E-state index contributed by atoms with van der Waals surface area (Å²) in [6.45, 7) is 7.92. The number of benzene rings is 1. The van der Waals surface area contributed by atoms with Crippen molar-refractivity contribution in [2.24, 2.45) is 0 Å². The van der Waals surface area contributed by atoms with Gasteiger partial charge in [0.2, 0.25) is 0 Å². The van der Waals surface area contributed by atoms with Gasteiger partial charge in [-0.05, 0) is 24.6 Å². The molecule has 106 valence electrons. The van der Waals surface area contributed by atoms with Crippen molar-refractivity contribution in [2.75, 3.05) is 0 Å². The first-order chi connectivity index (χ1) is 9.27. The van der Waals surface area contributed by atoms with Crippen LogP contribution in [0.5, 0.6) is 10.9 Å². The van der Waals surface area contributed by atoms with Crippen molar-refractivity contribution in [2.45, 2.75) is 33.1 Å². The Morgan fingerprint density at radius 2 is 2.05 bits per heavy atom. The first-order valence-electron chi connectivity index (χ1n) is 6.13. The van der Waals surface area contributed by atoms with Crippen LogP contribution in [0.4, 0.5) is 0 Å². The van der Waals surface area contributed by atoms with Crippen LogP contribution in [0.15, 0.2) is 18.2 Å². The molecule has 0 fully saturated rings. The maximum atomic E-state index is 11.0. The van der Waals surface area contributed by atoms with E-state index in [9.17, 15) is 4.79 Å². The molecule has 5 nitrogen and oxygen atoms in total. The molecule has 6 heteroatoms. The van der Waals surface area contributed by atoms with Crippen molar-refractivity contribution < 1.29 is 14.6 Å². The minimum atomic E-state index is -0.984. The van der Waals surface area contributed by atoms with Gasteiger partial charge in [-0.1, -0.05) is 26.8 Å². The molecule has 1 N–H and O–H groups in total. The van der Waals surface area contributed by atoms with Crippen LogP contribution in [0, 0.1) is 6.92 Å². The maximum Gasteiger partial charge on any atom is 0.335 e. The number of nitrogens with zero attached hydrogens (tertiary/aromatic N) is 2. The van der Waals surface area contributed by atoms with E-state index < -0.39 is 5.97 Å². The van der Waals surface area contributed by atoms with Gasteiger partial charge in [0.15, 0.2) is 5.82 Å². The van der Waals surface area contributed by atoms with E-state index in [-0.39, 0.29) is 11.0 Å². The van der Waals surface area contributed by atoms with E-state index >= 15 is 0 Å². The molecule has 2 aromatic rings. The third-order valence-electron chi connectivity index (χ3n) is 2.71. The summed E-state index contributed by atoms with van der Waals surface area (Å²) < 4.78 is 9.92. The van der Waals surface area contributed by atoms with E-state index in [4.69, 9.17) is 9.84 Å². The standard InChI is InChI=1S/C14H16N2O3S/c1-8-5-6-9(11(17)18)7-10(8)19-13-15-12(16-20-13)14(2,3)4/h5-7H,1-4H3,(H,17,18). The second kappa shape index (κ2) is 5.20. The molecule has 0 saturated carbocycles. The topological polar surface area (TPSA) is 72.3 Å². The second-order valence-electron chi connectivity index (χ2n) is 5.52. The summed E-state index contributed by atoms with van der Waals surface area (Å²) in [5.74, 6) is 0.216. The van der Waals surface area contributed by atoms with E-state index in [1.807, 2.05) is 27.7 Å². The van der Waals surface area contributed by atoms with Gasteiger partial charge >= 0.3 is 5.97 Å². The third-order valence-corrected chi connectivity index (χ3v) is 3.31. The van der Waals surface area contributed by atoms with E-state index in [2.05, 4.69) is 9.36 Å². The molecule has 0 spiro atoms. The van der Waals surface area contributed by atoms with Crippen molar-refractivity contribution in [3.63, 3.8) is 0 Å². The minimum absolute atomic E-state index is 0.143. The highest BCUT2D eigenvalue weighted by Crippen LogP contribution is 2.30. The average Bonchev–Trinajstić information content (AvgIpc) is 2.80. The zero-order chi connectivity index (χ0) is 14.9. The Kier molecular flexibility index (Phi) is 3.76. The van der Waals surface area contributed by atoms with E-state index in [1.165, 1.54) is 6.07 Å². The van der Waals surface area contributed by atoms with Crippen LogP contribution in [0.25, 0.3) is 0 Å². The fraction of sp³-hybridized carbons (Fsp3) is 0.357. The molecule has 1 heterocycles. The normalized spacial score (nSPS) is 11.4. The second-order valence-corrected chi connectivity index (χ2v) is 6.24. The summed E-state index contributed by atoms with van der Waals surface area (Å²) in [6, 6.07) is 4.76. The number of hydrogen-bond donors (Lipinski definition) is 1. The van der Waals surface area contributed by atoms with Crippen molar-refractivity contribution in [1.82, 2.24) is 9.36 Å². The highest BCUT2D eigenvalue weighted by atomic mass is 32.1. The summed E-state index contributed by atoms with van der Waals surface area (Å²) in [7, 11) is 0. The van der Waals surface area contributed by atoms with Crippen LogP contribution in [-0.4, -0.2) is 20.4 Å². The van der Waals surface area contributed by atoms with Gasteiger partial charge in [-0.15, -0.1) is 0 Å². The quantitative estimate of drug-likeness (QED) is 0.935. The minimum Gasteiger partial charge on any atom is -0.478 e. The number of carbonyl (C=O) groups is 1. The summed E-state index contributed by atoms with van der Waals surface area (Å²) in [5, 5.41) is 9.41. The fourth-order valence-electron chi connectivity index (χ4n) is 1.49. The predicted molar refractivity (Wildman–Crippen MR) is 76.8 cm³/mol. The molecular weight excluding hydrogens is 276 g/mol. The molecule has 2 rings (SSSR count). The van der Waals surface area contributed by atoms with Crippen LogP contribution < -0.4 is 4.74 Å². The molecule has 1 aromatic carbocycles. The van der Waals surface area contributed by atoms with Gasteiger partial charge in [-0.2, -0.15) is 9.36 Å². The Balaban J connectivity index is 2.28. The first kappa shape index (κ1) is 14.5. The highest BCUT2D eigenvalue weighted by Gasteiger charge is 2.20. The monoisotopic (exact) mass is 292 g/mol. The third kappa shape index (κ3) is 3.14. The number of aryl methyl sites for hydroxylation is 1. The number of ether oxygens (including phenoxy) is 1. The number of aromatic carboxylic acids is 1. The van der Waals surface area contributed by atoms with Crippen LogP contribution in [-0.2, 0) is 5.41 Å². The van der Waals surface area contributed by atoms with Gasteiger partial charge in [0.25, 0.3) is 5.19 Å². The molecule has 20 heavy (non-hydrogen) atoms. The molecule has 0 saturated heterocycles. The zero-order valence-electron chi connectivity index (χ0n) is 11.8. The Hall–Kier alpha value is -1.95. The van der Waals surface area contributed by atoms with Crippen molar-refractivity contribution >= 4 is 17.5 Å². The maximum absolute atomic E-state index is 11.0. The van der Waals surface area contributed by atoms with Gasteiger partial charge in [0.1, 0.15) is 5.75 Å². The molecule has 0 unspecified atom stereocenters. The molecular formula is C14H16N2O3S. The Labute approximate surface area is 121 Å². The molecule has 0 aliphatic heterocycles. The summed E-state index contributed by atoms with van der Waals surface area (Å²) in [5.41, 5.74) is 0.893. The SMILES string of the molecule is Cc1ccc(C(=O)O)cc1Oc1nc(C(C)(C)C)ns1. The van der Waals surface area contributed by atoms with Crippen molar-refractivity contribution in [1.29, 1.82) is 0 Å².